The summed E-state index contributed by atoms with van der Waals surface area (Å²) in [5.74, 6) is -5.19. The van der Waals surface area contributed by atoms with Crippen molar-refractivity contribution in [1.29, 1.82) is 0 Å². The first-order chi connectivity index (χ1) is 11.9. The molecular weight excluding hydrogens is 333 g/mol. The van der Waals surface area contributed by atoms with Crippen LogP contribution >= 0.6 is 0 Å². The molecule has 8 heteroatoms. The van der Waals surface area contributed by atoms with Crippen LogP contribution in [0.2, 0.25) is 0 Å². The lowest BCUT2D eigenvalue weighted by Gasteiger charge is -2.08. The third-order valence-corrected chi connectivity index (χ3v) is 3.31. The third-order valence-electron chi connectivity index (χ3n) is 3.31. The van der Waals surface area contributed by atoms with E-state index in [9.17, 15) is 18.0 Å². The Balaban J connectivity index is 1.96. The minimum atomic E-state index is -1.65. The number of nitrogens with zero attached hydrogens (tertiary/aromatic N) is 1. The van der Waals surface area contributed by atoms with Gasteiger partial charge in [0.1, 0.15) is 6.54 Å². The van der Waals surface area contributed by atoms with Crippen LogP contribution in [0.5, 0.6) is 0 Å². The van der Waals surface area contributed by atoms with Gasteiger partial charge in [-0.2, -0.15) is 0 Å². The number of nitrogens with two attached hydrogens (primary N) is 1. The molecule has 0 atom stereocenters. The molecule has 2 aromatic carbocycles. The number of rotatable bonds is 5. The first kappa shape index (κ1) is 18.3. The van der Waals surface area contributed by atoms with E-state index < -0.39 is 35.6 Å². The van der Waals surface area contributed by atoms with Gasteiger partial charge in [0.25, 0.3) is 0 Å². The monoisotopic (exact) mass is 350 g/mol. The minimum absolute atomic E-state index is 0.00541. The fraction of sp³-hybridized carbons (Fsp3) is 0.176. The summed E-state index contributed by atoms with van der Waals surface area (Å²) in [5.41, 5.74) is 7.03. The van der Waals surface area contributed by atoms with E-state index in [0.29, 0.717) is 11.8 Å². The molecule has 0 heterocycles. The van der Waals surface area contributed by atoms with Gasteiger partial charge < -0.3 is 16.4 Å². The molecular formula is C17H17F3N4O. The SMILES string of the molecule is CCc1cccc(NC(N)=NCC(=O)Nc2ccc(F)c(F)c2F)c1. The highest BCUT2D eigenvalue weighted by Gasteiger charge is 2.15. The Morgan fingerprint density at radius 1 is 1.12 bits per heavy atom. The Bertz CT molecular complexity index is 808. The molecule has 1 amide bonds. The van der Waals surface area contributed by atoms with Gasteiger partial charge in [0.05, 0.1) is 5.69 Å². The van der Waals surface area contributed by atoms with Crippen LogP contribution in [0.25, 0.3) is 0 Å². The number of guanidine groups is 1. The Morgan fingerprint density at radius 2 is 1.88 bits per heavy atom. The highest BCUT2D eigenvalue weighted by molar-refractivity contribution is 5.97. The second-order valence-electron chi connectivity index (χ2n) is 5.15. The standard InChI is InChI=1S/C17H17F3N4O/c1-2-10-4-3-5-11(8-10)23-17(21)22-9-14(25)24-13-7-6-12(18)15(19)16(13)20/h3-8H,2,9H2,1H3,(H,24,25)(H3,21,22,23). The average Bonchev–Trinajstić information content (AvgIpc) is 2.60. The van der Waals surface area contributed by atoms with Gasteiger partial charge in [-0.05, 0) is 36.2 Å². The summed E-state index contributed by atoms with van der Waals surface area (Å²) in [4.78, 5) is 15.6. The van der Waals surface area contributed by atoms with Gasteiger partial charge in [-0.25, -0.2) is 18.2 Å². The number of hydrogen-bond donors (Lipinski definition) is 3. The van der Waals surface area contributed by atoms with Gasteiger partial charge >= 0.3 is 0 Å². The lowest BCUT2D eigenvalue weighted by atomic mass is 10.1. The Kier molecular flexibility index (Phi) is 5.99. The van der Waals surface area contributed by atoms with Crippen LogP contribution in [0, 0.1) is 17.5 Å². The number of nitrogens with one attached hydrogen (secondary N) is 2. The zero-order chi connectivity index (χ0) is 18.4. The molecule has 0 aromatic heterocycles. The number of amides is 1. The predicted molar refractivity (Wildman–Crippen MR) is 90.9 cm³/mol. The summed E-state index contributed by atoms with van der Waals surface area (Å²) in [5, 5.41) is 4.93. The maximum absolute atomic E-state index is 13.5. The number of carbonyl (C=O) groups excluding carboxylic acids is 1. The summed E-state index contributed by atoms with van der Waals surface area (Å²) in [6.07, 6.45) is 0.856. The van der Waals surface area contributed by atoms with Crippen molar-refractivity contribution in [3.63, 3.8) is 0 Å². The topological polar surface area (TPSA) is 79.5 Å². The summed E-state index contributed by atoms with van der Waals surface area (Å²) in [6, 6.07) is 9.13. The van der Waals surface area contributed by atoms with E-state index >= 15 is 0 Å². The number of aliphatic imine (C=N–C) groups is 1. The van der Waals surface area contributed by atoms with E-state index in [4.69, 9.17) is 5.73 Å². The molecule has 4 N–H and O–H groups in total. The minimum Gasteiger partial charge on any atom is -0.370 e. The van der Waals surface area contributed by atoms with Crippen LogP contribution in [0.4, 0.5) is 24.5 Å². The van der Waals surface area contributed by atoms with Crippen molar-refractivity contribution in [2.45, 2.75) is 13.3 Å². The van der Waals surface area contributed by atoms with Crippen LogP contribution in [-0.2, 0) is 11.2 Å². The average molecular weight is 350 g/mol. The van der Waals surface area contributed by atoms with Gasteiger partial charge in [-0.3, -0.25) is 4.79 Å². The number of aryl methyl sites for hydroxylation is 1. The Hall–Kier alpha value is -3.03. The van der Waals surface area contributed by atoms with E-state index in [1.165, 1.54) is 0 Å². The highest BCUT2D eigenvalue weighted by atomic mass is 19.2. The van der Waals surface area contributed by atoms with E-state index in [1.54, 1.807) is 6.07 Å². The molecule has 0 radical (unpaired) electrons. The zero-order valence-corrected chi connectivity index (χ0v) is 13.4. The summed E-state index contributed by atoms with van der Waals surface area (Å²) < 4.78 is 39.4. The van der Waals surface area contributed by atoms with Crippen molar-refractivity contribution in [3.05, 3.63) is 59.4 Å². The second-order valence-corrected chi connectivity index (χ2v) is 5.15. The molecule has 0 aliphatic carbocycles. The smallest absolute Gasteiger partial charge is 0.246 e. The fourth-order valence-corrected chi connectivity index (χ4v) is 2.03. The lowest BCUT2D eigenvalue weighted by Crippen LogP contribution is -2.25. The van der Waals surface area contributed by atoms with Gasteiger partial charge in [0.2, 0.25) is 5.91 Å². The number of anilines is 2. The molecule has 0 bridgehead atoms. The van der Waals surface area contributed by atoms with E-state index in [-0.39, 0.29) is 5.96 Å². The van der Waals surface area contributed by atoms with Crippen LogP contribution in [-0.4, -0.2) is 18.4 Å². The largest absolute Gasteiger partial charge is 0.370 e. The van der Waals surface area contributed by atoms with Crippen molar-refractivity contribution in [2.24, 2.45) is 10.7 Å². The van der Waals surface area contributed by atoms with Crippen molar-refractivity contribution in [2.75, 3.05) is 17.2 Å². The number of halogens is 3. The maximum atomic E-state index is 13.5. The van der Waals surface area contributed by atoms with E-state index in [1.807, 2.05) is 25.1 Å². The van der Waals surface area contributed by atoms with Crippen molar-refractivity contribution < 1.29 is 18.0 Å². The maximum Gasteiger partial charge on any atom is 0.246 e. The summed E-state index contributed by atoms with van der Waals surface area (Å²) in [7, 11) is 0. The number of hydrogen-bond acceptors (Lipinski definition) is 2. The van der Waals surface area contributed by atoms with Crippen molar-refractivity contribution >= 4 is 23.2 Å². The quantitative estimate of drug-likeness (QED) is 0.441. The summed E-state index contributed by atoms with van der Waals surface area (Å²) >= 11 is 0. The van der Waals surface area contributed by atoms with E-state index in [2.05, 4.69) is 15.6 Å². The van der Waals surface area contributed by atoms with Gasteiger partial charge in [0, 0.05) is 5.69 Å². The molecule has 0 spiro atoms. The number of benzene rings is 2. The Labute approximate surface area is 142 Å². The van der Waals surface area contributed by atoms with Crippen molar-refractivity contribution in [1.82, 2.24) is 0 Å². The first-order valence-electron chi connectivity index (χ1n) is 7.50. The molecule has 0 fully saturated rings. The normalized spacial score (nSPS) is 11.3. The highest BCUT2D eigenvalue weighted by Crippen LogP contribution is 2.19. The predicted octanol–water partition coefficient (Wildman–Crippen LogP) is 3.03. The molecule has 2 aromatic rings. The first-order valence-corrected chi connectivity index (χ1v) is 7.50. The van der Waals surface area contributed by atoms with Gasteiger partial charge in [0.15, 0.2) is 23.4 Å². The fourth-order valence-electron chi connectivity index (χ4n) is 2.03. The van der Waals surface area contributed by atoms with E-state index in [0.717, 1.165) is 18.1 Å². The lowest BCUT2D eigenvalue weighted by molar-refractivity contribution is -0.114. The van der Waals surface area contributed by atoms with Gasteiger partial charge in [-0.15, -0.1) is 0 Å². The molecule has 0 saturated heterocycles. The molecule has 0 aliphatic heterocycles. The molecule has 0 saturated carbocycles. The van der Waals surface area contributed by atoms with Crippen LogP contribution in [0.3, 0.4) is 0 Å². The molecule has 25 heavy (non-hydrogen) atoms. The van der Waals surface area contributed by atoms with Crippen LogP contribution in [0.1, 0.15) is 12.5 Å². The molecule has 0 aliphatic rings. The Morgan fingerprint density at radius 3 is 2.60 bits per heavy atom. The van der Waals surface area contributed by atoms with Crippen molar-refractivity contribution in [3.8, 4) is 0 Å². The van der Waals surface area contributed by atoms with Gasteiger partial charge in [-0.1, -0.05) is 19.1 Å². The number of carbonyl (C=O) groups is 1. The zero-order valence-electron chi connectivity index (χ0n) is 13.4. The summed E-state index contributed by atoms with van der Waals surface area (Å²) in [6.45, 7) is 1.60. The molecule has 132 valence electrons. The van der Waals surface area contributed by atoms with Crippen LogP contribution in [0.15, 0.2) is 41.4 Å². The second kappa shape index (κ2) is 8.18. The molecule has 0 unspecified atom stereocenters. The third kappa shape index (κ3) is 4.97. The molecule has 5 nitrogen and oxygen atoms in total. The molecule has 2 rings (SSSR count). The van der Waals surface area contributed by atoms with Crippen LogP contribution < -0.4 is 16.4 Å².